The number of rotatable bonds is 2. The van der Waals surface area contributed by atoms with Crippen LogP contribution in [0.4, 0.5) is 0 Å². The van der Waals surface area contributed by atoms with Crippen LogP contribution in [0.1, 0.15) is 11.3 Å². The predicted octanol–water partition coefficient (Wildman–Crippen LogP) is 3.04. The number of aromatic nitrogens is 2. The van der Waals surface area contributed by atoms with Crippen molar-refractivity contribution >= 4 is 15.9 Å². The summed E-state index contributed by atoms with van der Waals surface area (Å²) in [4.78, 5) is 4.31. The van der Waals surface area contributed by atoms with Crippen molar-refractivity contribution < 1.29 is 4.74 Å². The summed E-state index contributed by atoms with van der Waals surface area (Å²) in [5.74, 6) is 1.59. The highest BCUT2D eigenvalue weighted by atomic mass is 79.9. The lowest BCUT2D eigenvalue weighted by Gasteiger charge is -2.07. The van der Waals surface area contributed by atoms with Gasteiger partial charge >= 0.3 is 0 Å². The van der Waals surface area contributed by atoms with Gasteiger partial charge in [-0.3, -0.25) is 0 Å². The van der Waals surface area contributed by atoms with Gasteiger partial charge in [0.1, 0.15) is 22.2 Å². The number of methoxy groups -OCH3 is 1. The molecule has 0 amide bonds. The largest absolute Gasteiger partial charge is 0.496 e. The lowest BCUT2D eigenvalue weighted by Crippen LogP contribution is -1.94. The smallest absolute Gasteiger partial charge is 0.173 e. The highest BCUT2D eigenvalue weighted by Gasteiger charge is 2.14. The Morgan fingerprint density at radius 1 is 1.44 bits per heavy atom. The van der Waals surface area contributed by atoms with Gasteiger partial charge in [-0.05, 0) is 46.6 Å². The molecule has 0 bridgehead atoms. The molecule has 2 aromatic rings. The molecular weight excluding hydrogens is 294 g/mol. The van der Waals surface area contributed by atoms with Crippen LogP contribution in [0.25, 0.3) is 11.4 Å². The summed E-state index contributed by atoms with van der Waals surface area (Å²) >= 11 is 3.36. The molecule has 0 atom stereocenters. The van der Waals surface area contributed by atoms with Gasteiger partial charge < -0.3 is 9.30 Å². The number of aryl methyl sites for hydroxylation is 1. The van der Waals surface area contributed by atoms with Crippen LogP contribution < -0.4 is 4.74 Å². The number of halogens is 1. The average molecular weight is 306 g/mol. The average Bonchev–Trinajstić information content (AvgIpc) is 2.66. The molecule has 4 nitrogen and oxygen atoms in total. The van der Waals surface area contributed by atoms with Crippen LogP contribution >= 0.6 is 15.9 Å². The van der Waals surface area contributed by atoms with E-state index < -0.39 is 0 Å². The molecule has 0 N–H and O–H groups in total. The second kappa shape index (κ2) is 4.83. The van der Waals surface area contributed by atoms with Gasteiger partial charge in [0.2, 0.25) is 0 Å². The Labute approximate surface area is 114 Å². The van der Waals surface area contributed by atoms with Crippen LogP contribution in [-0.4, -0.2) is 16.7 Å². The maximum Gasteiger partial charge on any atom is 0.173 e. The van der Waals surface area contributed by atoms with Gasteiger partial charge in [-0.15, -0.1) is 0 Å². The zero-order valence-electron chi connectivity index (χ0n) is 10.4. The van der Waals surface area contributed by atoms with Gasteiger partial charge in [0, 0.05) is 12.6 Å². The van der Waals surface area contributed by atoms with Gasteiger partial charge in [-0.2, -0.15) is 5.26 Å². The highest BCUT2D eigenvalue weighted by Crippen LogP contribution is 2.28. The predicted molar refractivity (Wildman–Crippen MR) is 72.3 cm³/mol. The van der Waals surface area contributed by atoms with E-state index in [1.807, 2.05) is 36.7 Å². The van der Waals surface area contributed by atoms with Crippen LogP contribution in [0.2, 0.25) is 0 Å². The van der Waals surface area contributed by atoms with Crippen LogP contribution in [0.3, 0.4) is 0 Å². The van der Waals surface area contributed by atoms with Gasteiger partial charge in [0.25, 0.3) is 0 Å². The van der Waals surface area contributed by atoms with Crippen molar-refractivity contribution in [3.63, 3.8) is 0 Å². The number of nitriles is 1. The molecule has 0 unspecified atom stereocenters. The fraction of sp³-hybridized carbons (Fsp3) is 0.231. The van der Waals surface area contributed by atoms with E-state index in [1.165, 1.54) is 0 Å². The van der Waals surface area contributed by atoms with Crippen LogP contribution in [0.15, 0.2) is 22.8 Å². The molecule has 0 aliphatic carbocycles. The first-order valence-corrected chi connectivity index (χ1v) is 6.15. The van der Waals surface area contributed by atoms with Crippen molar-refractivity contribution in [1.29, 1.82) is 5.26 Å². The number of nitrogens with zero attached hydrogens (tertiary/aromatic N) is 3. The molecule has 0 saturated heterocycles. The summed E-state index contributed by atoms with van der Waals surface area (Å²) in [6.45, 7) is 1.98. The minimum Gasteiger partial charge on any atom is -0.496 e. The summed E-state index contributed by atoms with van der Waals surface area (Å²) in [5.41, 5.74) is 2.38. The zero-order valence-corrected chi connectivity index (χ0v) is 11.9. The summed E-state index contributed by atoms with van der Waals surface area (Å²) in [5, 5.41) is 8.96. The molecule has 0 saturated carbocycles. The monoisotopic (exact) mass is 305 g/mol. The van der Waals surface area contributed by atoms with E-state index in [1.54, 1.807) is 7.11 Å². The molecule has 1 aromatic heterocycles. The third kappa shape index (κ3) is 2.00. The molecule has 0 radical (unpaired) electrons. The number of ether oxygens (including phenoxy) is 1. The van der Waals surface area contributed by atoms with E-state index in [0.717, 1.165) is 22.7 Å². The quantitative estimate of drug-likeness (QED) is 0.857. The van der Waals surface area contributed by atoms with Crippen molar-refractivity contribution in [3.8, 4) is 23.2 Å². The Hall–Kier alpha value is -1.80. The minimum atomic E-state index is 0.390. The van der Waals surface area contributed by atoms with Crippen molar-refractivity contribution in [1.82, 2.24) is 9.55 Å². The lowest BCUT2D eigenvalue weighted by molar-refractivity contribution is 0.412. The highest BCUT2D eigenvalue weighted by molar-refractivity contribution is 9.10. The topological polar surface area (TPSA) is 50.8 Å². The molecule has 5 heteroatoms. The molecule has 0 spiro atoms. The summed E-state index contributed by atoms with van der Waals surface area (Å²) in [6, 6.07) is 7.89. The fourth-order valence-corrected chi connectivity index (χ4v) is 2.17. The molecule has 0 aliphatic rings. The Kier molecular flexibility index (Phi) is 3.39. The lowest BCUT2D eigenvalue weighted by atomic mass is 10.1. The van der Waals surface area contributed by atoms with Crippen molar-refractivity contribution in [2.24, 2.45) is 7.05 Å². The van der Waals surface area contributed by atoms with Gasteiger partial charge in [0.05, 0.1) is 7.11 Å². The van der Waals surface area contributed by atoms with E-state index in [2.05, 4.69) is 27.0 Å². The van der Waals surface area contributed by atoms with Gasteiger partial charge in [-0.25, -0.2) is 4.98 Å². The second-order valence-corrected chi connectivity index (χ2v) is 4.68. The molecule has 2 rings (SSSR count). The summed E-state index contributed by atoms with van der Waals surface area (Å²) in [7, 11) is 3.51. The Bertz CT molecular complexity index is 640. The Balaban J connectivity index is 2.56. The molecule has 92 valence electrons. The first-order chi connectivity index (χ1) is 8.58. The standard InChI is InChI=1S/C13H12BrN3O/c1-8-6-9(4-5-11(8)18-3)13-16-10(7-15)12(14)17(13)2/h4-6H,1-3H3. The minimum absolute atomic E-state index is 0.390. The van der Waals surface area contributed by atoms with Gasteiger partial charge in [0.15, 0.2) is 5.69 Å². The maximum absolute atomic E-state index is 8.96. The molecule has 1 heterocycles. The van der Waals surface area contributed by atoms with E-state index in [9.17, 15) is 0 Å². The molecular formula is C13H12BrN3O. The Morgan fingerprint density at radius 2 is 2.17 bits per heavy atom. The first-order valence-electron chi connectivity index (χ1n) is 5.35. The molecule has 18 heavy (non-hydrogen) atoms. The normalized spacial score (nSPS) is 10.2. The maximum atomic E-state index is 8.96. The van der Waals surface area contributed by atoms with Crippen molar-refractivity contribution in [2.75, 3.05) is 7.11 Å². The third-order valence-electron chi connectivity index (χ3n) is 2.78. The molecule has 1 aromatic carbocycles. The van der Waals surface area contributed by atoms with E-state index in [-0.39, 0.29) is 0 Å². The number of imidazole rings is 1. The third-order valence-corrected chi connectivity index (χ3v) is 3.69. The van der Waals surface area contributed by atoms with Crippen molar-refractivity contribution in [2.45, 2.75) is 6.92 Å². The first kappa shape index (κ1) is 12.7. The van der Waals surface area contributed by atoms with Crippen LogP contribution in [0, 0.1) is 18.3 Å². The summed E-state index contributed by atoms with van der Waals surface area (Å²) in [6.07, 6.45) is 0. The molecule has 0 aliphatic heterocycles. The van der Waals surface area contributed by atoms with Crippen LogP contribution in [-0.2, 0) is 7.05 Å². The number of hydrogen-bond acceptors (Lipinski definition) is 3. The van der Waals surface area contributed by atoms with Crippen LogP contribution in [0.5, 0.6) is 5.75 Å². The SMILES string of the molecule is COc1ccc(-c2nc(C#N)c(Br)n2C)cc1C. The molecule has 0 fully saturated rings. The number of hydrogen-bond donors (Lipinski definition) is 0. The second-order valence-electron chi connectivity index (χ2n) is 3.93. The van der Waals surface area contributed by atoms with Crippen molar-refractivity contribution in [3.05, 3.63) is 34.1 Å². The summed E-state index contributed by atoms with van der Waals surface area (Å²) < 4.78 is 7.76. The fourth-order valence-electron chi connectivity index (χ4n) is 1.83. The zero-order chi connectivity index (χ0) is 13.3. The Morgan fingerprint density at radius 3 is 2.67 bits per heavy atom. The number of benzene rings is 1. The van der Waals surface area contributed by atoms with Gasteiger partial charge in [-0.1, -0.05) is 0 Å². The van der Waals surface area contributed by atoms with E-state index in [4.69, 9.17) is 10.00 Å². The van der Waals surface area contributed by atoms with E-state index >= 15 is 0 Å². The van der Waals surface area contributed by atoms with E-state index in [0.29, 0.717) is 10.3 Å².